The normalized spacial score (nSPS) is 15.2. The average molecular weight is 461 g/mol. The Morgan fingerprint density at radius 2 is 1.85 bits per heavy atom. The fraction of sp³-hybridized carbons (Fsp3) is 0.120. The lowest BCUT2D eigenvalue weighted by atomic mass is 10.0. The Kier molecular flexibility index (Phi) is 5.93. The molecule has 3 aromatic rings. The van der Waals surface area contributed by atoms with Gasteiger partial charge in [0, 0.05) is 5.56 Å². The number of benzene rings is 2. The Morgan fingerprint density at radius 3 is 2.48 bits per heavy atom. The van der Waals surface area contributed by atoms with E-state index in [2.05, 4.69) is 5.32 Å². The third-order valence-corrected chi connectivity index (χ3v) is 5.64. The van der Waals surface area contributed by atoms with Gasteiger partial charge in [0.2, 0.25) is 0 Å². The second-order valence-electron chi connectivity index (χ2n) is 7.51. The molecular weight excluding hydrogens is 440 g/mol. The summed E-state index contributed by atoms with van der Waals surface area (Å²) in [4.78, 5) is 38.1. The van der Waals surface area contributed by atoms with E-state index in [0.717, 1.165) is 17.5 Å². The first-order valence-electron chi connectivity index (χ1n) is 10.2. The lowest BCUT2D eigenvalue weighted by molar-refractivity contribution is -0.122. The molecule has 2 N–H and O–H groups in total. The highest BCUT2D eigenvalue weighted by atomic mass is 32.1. The van der Waals surface area contributed by atoms with Crippen LogP contribution in [0.3, 0.4) is 0 Å². The van der Waals surface area contributed by atoms with Gasteiger partial charge < -0.3 is 9.52 Å². The Bertz CT molecular complexity index is 1320. The maximum Gasteiger partial charge on any atom is 0.335 e. The molecule has 2 amide bonds. The largest absolute Gasteiger partial charge is 0.478 e. The van der Waals surface area contributed by atoms with Crippen LogP contribution in [0.2, 0.25) is 0 Å². The number of rotatable bonds is 5. The number of anilines is 1. The molecule has 1 aromatic heterocycles. The number of carboxylic acids is 1. The van der Waals surface area contributed by atoms with Gasteiger partial charge in [0.05, 0.1) is 11.3 Å². The van der Waals surface area contributed by atoms with Crippen LogP contribution in [-0.4, -0.2) is 28.0 Å². The third kappa shape index (κ3) is 4.33. The van der Waals surface area contributed by atoms with Crippen LogP contribution >= 0.6 is 12.2 Å². The molecule has 1 aliphatic rings. The second kappa shape index (κ2) is 8.84. The van der Waals surface area contributed by atoms with Crippen molar-refractivity contribution in [1.29, 1.82) is 0 Å². The topological polar surface area (TPSA) is 99.8 Å². The Labute approximate surface area is 195 Å². The molecule has 0 atom stereocenters. The molecule has 0 bridgehead atoms. The van der Waals surface area contributed by atoms with Crippen LogP contribution in [0, 0.1) is 6.92 Å². The van der Waals surface area contributed by atoms with Crippen molar-refractivity contribution in [1.82, 2.24) is 5.32 Å². The van der Waals surface area contributed by atoms with Crippen molar-refractivity contribution >= 4 is 46.9 Å². The monoisotopic (exact) mass is 460 g/mol. The highest BCUT2D eigenvalue weighted by molar-refractivity contribution is 7.80. The van der Waals surface area contributed by atoms with Gasteiger partial charge in [0.15, 0.2) is 5.11 Å². The summed E-state index contributed by atoms with van der Waals surface area (Å²) < 4.78 is 5.84. The summed E-state index contributed by atoms with van der Waals surface area (Å²) >= 11 is 5.23. The predicted molar refractivity (Wildman–Crippen MR) is 128 cm³/mol. The predicted octanol–water partition coefficient (Wildman–Crippen LogP) is 4.35. The molecule has 8 heteroatoms. The summed E-state index contributed by atoms with van der Waals surface area (Å²) in [7, 11) is 0. The number of hydrogen-bond acceptors (Lipinski definition) is 5. The minimum atomic E-state index is -1.01. The molecule has 166 valence electrons. The van der Waals surface area contributed by atoms with E-state index in [4.69, 9.17) is 21.7 Å². The average Bonchev–Trinajstić information content (AvgIpc) is 3.25. The summed E-state index contributed by atoms with van der Waals surface area (Å²) in [6, 6.07) is 15.4. The minimum absolute atomic E-state index is 0.0145. The first-order chi connectivity index (χ1) is 15.8. The van der Waals surface area contributed by atoms with Gasteiger partial charge in [-0.3, -0.25) is 19.8 Å². The van der Waals surface area contributed by atoms with Crippen LogP contribution < -0.4 is 10.2 Å². The number of furan rings is 1. The molecule has 33 heavy (non-hydrogen) atoms. The van der Waals surface area contributed by atoms with Gasteiger partial charge in [-0.2, -0.15) is 0 Å². The standard InChI is InChI=1S/C25H20N2O5S/c1-3-15-4-7-17(8-5-15)27-23(29)20(22(28)26-25(27)33)13-18-9-11-21(32-18)19-10-6-16(24(30)31)12-14(19)2/h4-13H,3H2,1-2H3,(H,30,31)(H,26,28,33)/b20-13+. The number of amides is 2. The van der Waals surface area contributed by atoms with Crippen LogP contribution in [0.4, 0.5) is 5.69 Å². The van der Waals surface area contributed by atoms with Crippen molar-refractivity contribution < 1.29 is 23.9 Å². The van der Waals surface area contributed by atoms with Crippen LogP contribution in [0.25, 0.3) is 17.4 Å². The molecule has 0 radical (unpaired) electrons. The molecular formula is C25H20N2O5S. The van der Waals surface area contributed by atoms with Gasteiger partial charge in [-0.15, -0.1) is 0 Å². The number of aromatic carboxylic acids is 1. The summed E-state index contributed by atoms with van der Waals surface area (Å²) in [5, 5.41) is 11.7. The summed E-state index contributed by atoms with van der Waals surface area (Å²) in [6.07, 6.45) is 2.23. The molecule has 2 aromatic carbocycles. The first kappa shape index (κ1) is 22.2. The van der Waals surface area contributed by atoms with E-state index in [1.807, 2.05) is 19.1 Å². The van der Waals surface area contributed by atoms with Gasteiger partial charge in [-0.25, -0.2) is 4.79 Å². The molecule has 0 spiro atoms. The second-order valence-corrected chi connectivity index (χ2v) is 7.90. The van der Waals surface area contributed by atoms with Gasteiger partial charge >= 0.3 is 5.97 Å². The van der Waals surface area contributed by atoms with Gasteiger partial charge in [0.25, 0.3) is 11.8 Å². The van der Waals surface area contributed by atoms with Crippen molar-refractivity contribution in [2.24, 2.45) is 0 Å². The van der Waals surface area contributed by atoms with Crippen molar-refractivity contribution in [2.45, 2.75) is 20.3 Å². The number of hydrogen-bond donors (Lipinski definition) is 2. The Balaban J connectivity index is 1.65. The maximum atomic E-state index is 13.1. The minimum Gasteiger partial charge on any atom is -0.478 e. The van der Waals surface area contributed by atoms with Crippen LogP contribution in [0.5, 0.6) is 0 Å². The number of carboxylic acid groups (broad SMARTS) is 1. The number of nitrogens with zero attached hydrogens (tertiary/aromatic N) is 1. The fourth-order valence-electron chi connectivity index (χ4n) is 3.56. The molecule has 4 rings (SSSR count). The van der Waals surface area contributed by atoms with E-state index < -0.39 is 17.8 Å². The zero-order valence-electron chi connectivity index (χ0n) is 17.9. The molecule has 0 unspecified atom stereocenters. The van der Waals surface area contributed by atoms with Crippen LogP contribution in [0.15, 0.2) is 64.6 Å². The highest BCUT2D eigenvalue weighted by Crippen LogP contribution is 2.28. The molecule has 2 heterocycles. The molecule has 1 saturated heterocycles. The highest BCUT2D eigenvalue weighted by Gasteiger charge is 2.34. The Hall–Kier alpha value is -4.04. The molecule has 7 nitrogen and oxygen atoms in total. The van der Waals surface area contributed by atoms with E-state index >= 15 is 0 Å². The van der Waals surface area contributed by atoms with Crippen molar-refractivity contribution in [3.05, 3.63) is 82.6 Å². The molecule has 0 saturated carbocycles. The molecule has 0 aliphatic carbocycles. The molecule has 1 aliphatic heterocycles. The van der Waals surface area contributed by atoms with E-state index in [1.54, 1.807) is 43.3 Å². The lowest BCUT2D eigenvalue weighted by Crippen LogP contribution is -2.54. The van der Waals surface area contributed by atoms with Crippen molar-refractivity contribution in [2.75, 3.05) is 4.90 Å². The van der Waals surface area contributed by atoms with Gasteiger partial charge in [-0.1, -0.05) is 25.1 Å². The Morgan fingerprint density at radius 1 is 1.12 bits per heavy atom. The van der Waals surface area contributed by atoms with Gasteiger partial charge in [-0.05, 0) is 79.2 Å². The van der Waals surface area contributed by atoms with Crippen molar-refractivity contribution in [3.63, 3.8) is 0 Å². The van der Waals surface area contributed by atoms with Gasteiger partial charge in [0.1, 0.15) is 17.1 Å². The van der Waals surface area contributed by atoms with E-state index in [-0.39, 0.29) is 16.2 Å². The smallest absolute Gasteiger partial charge is 0.335 e. The summed E-state index contributed by atoms with van der Waals surface area (Å²) in [5.74, 6) is -1.37. The number of carbonyl (C=O) groups excluding carboxylic acids is 2. The quantitative estimate of drug-likeness (QED) is 0.334. The number of nitrogens with one attached hydrogen (secondary N) is 1. The fourth-order valence-corrected chi connectivity index (χ4v) is 3.84. The van der Waals surface area contributed by atoms with Crippen molar-refractivity contribution in [3.8, 4) is 11.3 Å². The lowest BCUT2D eigenvalue weighted by Gasteiger charge is -2.28. The third-order valence-electron chi connectivity index (χ3n) is 5.36. The van der Waals surface area contributed by atoms with Crippen LogP contribution in [0.1, 0.15) is 34.2 Å². The SMILES string of the molecule is CCc1ccc(N2C(=O)/C(=C/c3ccc(-c4ccc(C(=O)O)cc4C)o3)C(=O)NC2=S)cc1. The number of carbonyl (C=O) groups is 3. The maximum absolute atomic E-state index is 13.1. The van der Waals surface area contributed by atoms with E-state index in [1.165, 1.54) is 17.0 Å². The zero-order valence-corrected chi connectivity index (χ0v) is 18.7. The summed E-state index contributed by atoms with van der Waals surface area (Å²) in [6.45, 7) is 3.82. The summed E-state index contributed by atoms with van der Waals surface area (Å²) in [5.41, 5.74) is 3.18. The van der Waals surface area contributed by atoms with E-state index in [0.29, 0.717) is 22.8 Å². The first-order valence-corrected chi connectivity index (χ1v) is 10.6. The number of thiocarbonyl (C=S) groups is 1. The van der Waals surface area contributed by atoms with Crippen LogP contribution in [-0.2, 0) is 16.0 Å². The number of aryl methyl sites for hydroxylation is 2. The van der Waals surface area contributed by atoms with E-state index in [9.17, 15) is 14.4 Å². The zero-order chi connectivity index (χ0) is 23.7. The molecule has 1 fully saturated rings.